The Hall–Kier alpha value is -0.120. The number of ether oxygens (including phenoxy) is 1. The maximum atomic E-state index is 6.35. The summed E-state index contributed by atoms with van der Waals surface area (Å²) in [4.78, 5) is 6.16. The fraction of sp³-hybridized carbons (Fsp3) is 1.00. The van der Waals surface area contributed by atoms with Gasteiger partial charge in [0.1, 0.15) is 0 Å². The van der Waals surface area contributed by atoms with Gasteiger partial charge in [-0.05, 0) is 73.5 Å². The molecule has 25 heavy (non-hydrogen) atoms. The normalized spacial score (nSPS) is 58.4. The van der Waals surface area contributed by atoms with Crippen LogP contribution in [0.25, 0.3) is 0 Å². The van der Waals surface area contributed by atoms with Gasteiger partial charge in [-0.25, -0.2) is 0 Å². The Morgan fingerprint density at radius 3 is 2.36 bits per heavy atom. The first-order valence-corrected chi connectivity index (χ1v) is 11.0. The van der Waals surface area contributed by atoms with E-state index in [1.54, 1.807) is 0 Å². The number of nitrogens with one attached hydrogen (secondary N) is 1. The lowest BCUT2D eigenvalue weighted by atomic mass is 9.40. The predicted octanol–water partition coefficient (Wildman–Crippen LogP) is 5.06. The van der Waals surface area contributed by atoms with E-state index in [1.165, 1.54) is 57.8 Å². The highest BCUT2D eigenvalue weighted by atomic mass is 16.8. The van der Waals surface area contributed by atoms with Gasteiger partial charge in [-0.15, -0.1) is 0 Å². The summed E-state index contributed by atoms with van der Waals surface area (Å²) >= 11 is 0. The van der Waals surface area contributed by atoms with Gasteiger partial charge in [-0.2, -0.15) is 5.48 Å². The summed E-state index contributed by atoms with van der Waals surface area (Å²) in [5.74, 6) is 2.25. The van der Waals surface area contributed by atoms with Gasteiger partial charge < -0.3 is 4.74 Å². The molecule has 1 aliphatic heterocycles. The minimum Gasteiger partial charge on any atom is -0.346 e. The predicted molar refractivity (Wildman–Crippen MR) is 98.7 cm³/mol. The van der Waals surface area contributed by atoms with Crippen molar-refractivity contribution in [2.75, 3.05) is 13.2 Å². The van der Waals surface area contributed by atoms with Crippen LogP contribution in [0.5, 0.6) is 0 Å². The average molecular weight is 348 g/mol. The first-order valence-electron chi connectivity index (χ1n) is 11.0. The van der Waals surface area contributed by atoms with Gasteiger partial charge >= 0.3 is 0 Å². The molecule has 1 heterocycles. The van der Waals surface area contributed by atoms with Crippen LogP contribution in [0.15, 0.2) is 0 Å². The van der Waals surface area contributed by atoms with E-state index >= 15 is 0 Å². The third-order valence-electron chi connectivity index (χ3n) is 10.2. The summed E-state index contributed by atoms with van der Waals surface area (Å²) in [6.45, 7) is 9.41. The van der Waals surface area contributed by atoms with Crippen LogP contribution in [-0.2, 0) is 9.57 Å². The standard InChI is InChI=1S/C22H37NO2/c1-19-9-4-5-10-20(19,2)17-7-12-21(3)18(16(17)6-11-19)8-13-22(21)24-15-14-23-25-22/h16-18,23H,4-15H2,1-3H3. The van der Waals surface area contributed by atoms with Gasteiger partial charge in [0.05, 0.1) is 6.61 Å². The van der Waals surface area contributed by atoms with E-state index in [0.717, 1.165) is 37.3 Å². The summed E-state index contributed by atoms with van der Waals surface area (Å²) in [7, 11) is 0. The monoisotopic (exact) mass is 347 g/mol. The van der Waals surface area contributed by atoms with Crippen molar-refractivity contribution >= 4 is 0 Å². The van der Waals surface area contributed by atoms with Gasteiger partial charge in [0.15, 0.2) is 5.79 Å². The number of fused-ring (bicyclic) bond motifs is 6. The molecule has 3 heteroatoms. The second-order valence-corrected chi connectivity index (χ2v) is 10.7. The molecule has 5 rings (SSSR count). The Morgan fingerprint density at radius 2 is 1.56 bits per heavy atom. The molecule has 7 atom stereocenters. The SMILES string of the molecule is CC12CCCCC1(C)C1CCC3(C)C(CCC34OCCNO4)C1CC2. The second kappa shape index (κ2) is 5.45. The molecule has 0 aromatic rings. The molecule has 142 valence electrons. The van der Waals surface area contributed by atoms with Crippen molar-refractivity contribution in [3.8, 4) is 0 Å². The fourth-order valence-electron chi connectivity index (χ4n) is 8.42. The maximum Gasteiger partial charge on any atom is 0.193 e. The molecule has 3 nitrogen and oxygen atoms in total. The molecule has 0 radical (unpaired) electrons. The third kappa shape index (κ3) is 2.04. The summed E-state index contributed by atoms with van der Waals surface area (Å²) in [6.07, 6.45) is 13.8. The average Bonchev–Trinajstić information content (AvgIpc) is 2.89. The van der Waals surface area contributed by atoms with Crippen molar-refractivity contribution < 1.29 is 9.57 Å². The Bertz CT molecular complexity index is 544. The van der Waals surface area contributed by atoms with E-state index in [2.05, 4.69) is 26.3 Å². The van der Waals surface area contributed by atoms with Crippen LogP contribution in [-0.4, -0.2) is 18.9 Å². The molecule has 5 fully saturated rings. The summed E-state index contributed by atoms with van der Waals surface area (Å²) in [5, 5.41) is 0. The van der Waals surface area contributed by atoms with E-state index < -0.39 is 0 Å². The van der Waals surface area contributed by atoms with Crippen LogP contribution < -0.4 is 5.48 Å². The van der Waals surface area contributed by atoms with E-state index in [1.807, 2.05) is 0 Å². The molecule has 5 aliphatic rings. The lowest BCUT2D eigenvalue weighted by molar-refractivity contribution is -0.350. The molecular weight excluding hydrogens is 310 g/mol. The topological polar surface area (TPSA) is 30.5 Å². The van der Waals surface area contributed by atoms with Crippen LogP contribution in [0, 0.1) is 34.0 Å². The molecule has 4 saturated carbocycles. The number of hydrogen-bond donors (Lipinski definition) is 1. The first-order chi connectivity index (χ1) is 11.9. The van der Waals surface area contributed by atoms with Gasteiger partial charge in [0, 0.05) is 18.4 Å². The zero-order valence-electron chi connectivity index (χ0n) is 16.5. The molecule has 0 aromatic heterocycles. The highest BCUT2D eigenvalue weighted by Crippen LogP contribution is 2.71. The summed E-state index contributed by atoms with van der Waals surface area (Å²) in [6, 6.07) is 0. The smallest absolute Gasteiger partial charge is 0.193 e. The summed E-state index contributed by atoms with van der Waals surface area (Å²) < 4.78 is 6.35. The van der Waals surface area contributed by atoms with Crippen molar-refractivity contribution in [1.29, 1.82) is 0 Å². The number of hydrogen-bond acceptors (Lipinski definition) is 3. The molecule has 0 amide bonds. The van der Waals surface area contributed by atoms with Gasteiger partial charge in [-0.3, -0.25) is 4.84 Å². The Kier molecular flexibility index (Phi) is 3.71. The van der Waals surface area contributed by atoms with Gasteiger partial charge in [0.25, 0.3) is 0 Å². The van der Waals surface area contributed by atoms with Crippen molar-refractivity contribution in [3.05, 3.63) is 0 Å². The minimum atomic E-state index is -0.352. The van der Waals surface area contributed by atoms with Crippen molar-refractivity contribution in [3.63, 3.8) is 0 Å². The highest BCUT2D eigenvalue weighted by molar-refractivity contribution is 5.14. The number of hydroxylamine groups is 1. The first kappa shape index (κ1) is 17.0. The van der Waals surface area contributed by atoms with Crippen LogP contribution in [0.2, 0.25) is 0 Å². The molecule has 1 spiro atoms. The van der Waals surface area contributed by atoms with Crippen molar-refractivity contribution in [1.82, 2.24) is 5.48 Å². The van der Waals surface area contributed by atoms with Crippen molar-refractivity contribution in [2.24, 2.45) is 34.0 Å². The molecule has 4 aliphatic carbocycles. The molecule has 1 N–H and O–H groups in total. The second-order valence-electron chi connectivity index (χ2n) is 10.7. The van der Waals surface area contributed by atoms with Crippen molar-refractivity contribution in [2.45, 2.75) is 90.8 Å². The van der Waals surface area contributed by atoms with Crippen LogP contribution in [0.1, 0.15) is 85.0 Å². The zero-order chi connectivity index (χ0) is 17.3. The van der Waals surface area contributed by atoms with Gasteiger partial charge in [-0.1, -0.05) is 33.6 Å². The van der Waals surface area contributed by atoms with Gasteiger partial charge in [0.2, 0.25) is 0 Å². The largest absolute Gasteiger partial charge is 0.346 e. The minimum absolute atomic E-state index is 0.195. The molecule has 7 unspecified atom stereocenters. The van der Waals surface area contributed by atoms with Crippen LogP contribution >= 0.6 is 0 Å². The molecule has 1 saturated heterocycles. The fourth-order valence-corrected chi connectivity index (χ4v) is 8.42. The van der Waals surface area contributed by atoms with Crippen LogP contribution in [0.3, 0.4) is 0 Å². The van der Waals surface area contributed by atoms with E-state index in [4.69, 9.17) is 9.57 Å². The van der Waals surface area contributed by atoms with Crippen LogP contribution in [0.4, 0.5) is 0 Å². The molecular formula is C22H37NO2. The number of rotatable bonds is 0. The van der Waals surface area contributed by atoms with E-state index in [9.17, 15) is 0 Å². The quantitative estimate of drug-likeness (QED) is 0.664. The molecule has 0 bridgehead atoms. The highest BCUT2D eigenvalue weighted by Gasteiger charge is 2.68. The lowest BCUT2D eigenvalue weighted by Gasteiger charge is -2.65. The zero-order valence-corrected chi connectivity index (χ0v) is 16.5. The summed E-state index contributed by atoms with van der Waals surface area (Å²) in [5.41, 5.74) is 4.54. The maximum absolute atomic E-state index is 6.35. The lowest BCUT2D eigenvalue weighted by Crippen LogP contribution is -2.61. The Morgan fingerprint density at radius 1 is 0.800 bits per heavy atom. The van der Waals surface area contributed by atoms with E-state index in [0.29, 0.717) is 10.8 Å². The Balaban J connectivity index is 1.47. The third-order valence-corrected chi connectivity index (χ3v) is 10.2. The van der Waals surface area contributed by atoms with E-state index in [-0.39, 0.29) is 11.2 Å². The molecule has 0 aromatic carbocycles. The Labute approximate surface area is 153 Å².